The van der Waals surface area contributed by atoms with Gasteiger partial charge in [-0.3, -0.25) is 14.5 Å². The van der Waals surface area contributed by atoms with Crippen LogP contribution in [-0.2, 0) is 4.79 Å². The predicted molar refractivity (Wildman–Crippen MR) is 120 cm³/mol. The number of hydrogen-bond acceptors (Lipinski definition) is 4. The Labute approximate surface area is 185 Å². The summed E-state index contributed by atoms with van der Waals surface area (Å²) in [4.78, 5) is 29.8. The Morgan fingerprint density at radius 1 is 0.875 bits per heavy atom. The van der Waals surface area contributed by atoms with Crippen molar-refractivity contribution in [1.29, 1.82) is 0 Å². The number of phenolic OH excluding ortho intramolecular Hbond substituents is 1. The van der Waals surface area contributed by atoms with Gasteiger partial charge in [0.25, 0.3) is 5.91 Å². The number of nitrogens with one attached hydrogen (secondary N) is 1. The summed E-state index contributed by atoms with van der Waals surface area (Å²) < 4.78 is 13.2. The van der Waals surface area contributed by atoms with Gasteiger partial charge in [-0.15, -0.1) is 0 Å². The molecule has 1 atom stereocenters. The Morgan fingerprint density at radius 3 is 2.22 bits per heavy atom. The summed E-state index contributed by atoms with van der Waals surface area (Å²) in [5.41, 5.74) is 1.81. The zero-order chi connectivity index (χ0) is 22.5. The highest BCUT2D eigenvalue weighted by molar-refractivity contribution is 5.96. The molecule has 0 aliphatic carbocycles. The topological polar surface area (TPSA) is 72.9 Å². The van der Waals surface area contributed by atoms with Crippen LogP contribution in [0.15, 0.2) is 78.9 Å². The Morgan fingerprint density at radius 2 is 1.56 bits per heavy atom. The Hall–Kier alpha value is -3.71. The summed E-state index contributed by atoms with van der Waals surface area (Å²) in [6.07, 6.45) is 0. The third kappa shape index (κ3) is 4.95. The van der Waals surface area contributed by atoms with Gasteiger partial charge in [-0.2, -0.15) is 0 Å². The van der Waals surface area contributed by atoms with Gasteiger partial charge < -0.3 is 15.3 Å². The maximum atomic E-state index is 13.2. The second-order valence-electron chi connectivity index (χ2n) is 7.69. The Balaban J connectivity index is 1.48. The lowest BCUT2D eigenvalue weighted by Crippen LogP contribution is -2.51. The lowest BCUT2D eigenvalue weighted by molar-refractivity contribution is -0.122. The van der Waals surface area contributed by atoms with E-state index in [2.05, 4.69) is 5.32 Å². The monoisotopic (exact) mass is 433 g/mol. The molecule has 0 aromatic heterocycles. The van der Waals surface area contributed by atoms with Crippen LogP contribution in [0.25, 0.3) is 0 Å². The summed E-state index contributed by atoms with van der Waals surface area (Å²) in [5.74, 6) is -0.672. The van der Waals surface area contributed by atoms with E-state index < -0.39 is 6.04 Å². The minimum Gasteiger partial charge on any atom is -0.508 e. The van der Waals surface area contributed by atoms with Gasteiger partial charge in [0.1, 0.15) is 17.6 Å². The van der Waals surface area contributed by atoms with E-state index in [9.17, 15) is 19.1 Å². The molecule has 6 nitrogen and oxygen atoms in total. The van der Waals surface area contributed by atoms with Crippen molar-refractivity contribution in [3.8, 4) is 5.75 Å². The SMILES string of the molecule is O=C(Nc1ccc(F)cc1)[C@H](c1ccccc1)N1CCN(C(=O)c2cccc(O)c2)CC1. The largest absolute Gasteiger partial charge is 0.508 e. The maximum Gasteiger partial charge on any atom is 0.254 e. The number of halogens is 1. The lowest BCUT2D eigenvalue weighted by Gasteiger charge is -2.38. The summed E-state index contributed by atoms with van der Waals surface area (Å²) >= 11 is 0. The van der Waals surface area contributed by atoms with E-state index in [1.807, 2.05) is 35.2 Å². The zero-order valence-corrected chi connectivity index (χ0v) is 17.4. The van der Waals surface area contributed by atoms with Crippen LogP contribution in [0.4, 0.5) is 10.1 Å². The van der Waals surface area contributed by atoms with Gasteiger partial charge in [-0.1, -0.05) is 36.4 Å². The average molecular weight is 433 g/mol. The van der Waals surface area contributed by atoms with Gasteiger partial charge in [0.05, 0.1) is 0 Å². The molecule has 164 valence electrons. The van der Waals surface area contributed by atoms with Crippen molar-refractivity contribution < 1.29 is 19.1 Å². The van der Waals surface area contributed by atoms with Crippen LogP contribution in [0.5, 0.6) is 5.75 Å². The molecular formula is C25H24FN3O3. The van der Waals surface area contributed by atoms with Crippen LogP contribution < -0.4 is 5.32 Å². The molecule has 0 radical (unpaired) electrons. The Kier molecular flexibility index (Phi) is 6.47. The fourth-order valence-corrected chi connectivity index (χ4v) is 3.91. The molecule has 0 bridgehead atoms. The number of rotatable bonds is 5. The number of phenols is 1. The van der Waals surface area contributed by atoms with Gasteiger partial charge in [0.15, 0.2) is 0 Å². The summed E-state index contributed by atoms with van der Waals surface area (Å²) in [6, 6.07) is 20.9. The molecule has 1 aliphatic rings. The highest BCUT2D eigenvalue weighted by atomic mass is 19.1. The van der Waals surface area contributed by atoms with Crippen LogP contribution in [0.2, 0.25) is 0 Å². The smallest absolute Gasteiger partial charge is 0.254 e. The van der Waals surface area contributed by atoms with Crippen molar-refractivity contribution in [3.05, 3.63) is 95.8 Å². The van der Waals surface area contributed by atoms with Crippen LogP contribution in [0, 0.1) is 5.82 Å². The molecule has 1 heterocycles. The summed E-state index contributed by atoms with van der Waals surface area (Å²) in [7, 11) is 0. The normalized spacial score (nSPS) is 15.2. The number of anilines is 1. The number of aromatic hydroxyl groups is 1. The minimum absolute atomic E-state index is 0.0519. The molecule has 2 amide bonds. The molecule has 32 heavy (non-hydrogen) atoms. The summed E-state index contributed by atoms with van der Waals surface area (Å²) in [6.45, 7) is 1.95. The first-order valence-corrected chi connectivity index (χ1v) is 10.4. The average Bonchev–Trinajstić information content (AvgIpc) is 2.81. The quantitative estimate of drug-likeness (QED) is 0.644. The summed E-state index contributed by atoms with van der Waals surface area (Å²) in [5, 5.41) is 12.5. The van der Waals surface area contributed by atoms with E-state index in [0.29, 0.717) is 37.4 Å². The third-order valence-electron chi connectivity index (χ3n) is 5.54. The number of nitrogens with zero attached hydrogens (tertiary/aromatic N) is 2. The van der Waals surface area contributed by atoms with Crippen LogP contribution in [-0.4, -0.2) is 52.9 Å². The molecule has 4 rings (SSSR count). The van der Waals surface area contributed by atoms with E-state index in [0.717, 1.165) is 5.56 Å². The second kappa shape index (κ2) is 9.62. The van der Waals surface area contributed by atoms with Gasteiger partial charge in [-0.05, 0) is 48.0 Å². The van der Waals surface area contributed by atoms with Crippen molar-refractivity contribution in [2.45, 2.75) is 6.04 Å². The van der Waals surface area contributed by atoms with E-state index in [-0.39, 0.29) is 23.4 Å². The number of carbonyl (C=O) groups excluding carboxylic acids is 2. The number of carbonyl (C=O) groups is 2. The first-order chi connectivity index (χ1) is 15.5. The van der Waals surface area contributed by atoms with Gasteiger partial charge in [0.2, 0.25) is 5.91 Å². The van der Waals surface area contributed by atoms with Crippen molar-refractivity contribution in [1.82, 2.24) is 9.80 Å². The van der Waals surface area contributed by atoms with Crippen molar-refractivity contribution in [2.75, 3.05) is 31.5 Å². The standard InChI is InChI=1S/C25H24FN3O3/c26-20-9-11-21(12-10-20)27-24(31)23(18-5-2-1-3-6-18)28-13-15-29(16-14-28)25(32)19-7-4-8-22(30)17-19/h1-12,17,23,30H,13-16H2,(H,27,31)/t23-/m0/s1. The highest BCUT2D eigenvalue weighted by Crippen LogP contribution is 2.25. The molecule has 1 saturated heterocycles. The maximum absolute atomic E-state index is 13.2. The molecule has 1 aliphatic heterocycles. The fraction of sp³-hybridized carbons (Fsp3) is 0.200. The highest BCUT2D eigenvalue weighted by Gasteiger charge is 2.32. The van der Waals surface area contributed by atoms with Crippen LogP contribution in [0.1, 0.15) is 22.0 Å². The fourth-order valence-electron chi connectivity index (χ4n) is 3.91. The van der Waals surface area contributed by atoms with Crippen molar-refractivity contribution in [2.24, 2.45) is 0 Å². The molecule has 2 N–H and O–H groups in total. The number of piperazine rings is 1. The molecule has 3 aromatic rings. The van der Waals surface area contributed by atoms with Crippen LogP contribution >= 0.6 is 0 Å². The van der Waals surface area contributed by atoms with Crippen molar-refractivity contribution in [3.63, 3.8) is 0 Å². The van der Waals surface area contributed by atoms with Gasteiger partial charge in [-0.25, -0.2) is 4.39 Å². The third-order valence-corrected chi connectivity index (χ3v) is 5.54. The predicted octanol–water partition coefficient (Wildman–Crippen LogP) is 3.67. The second-order valence-corrected chi connectivity index (χ2v) is 7.69. The molecule has 0 spiro atoms. The number of hydrogen-bond donors (Lipinski definition) is 2. The van der Waals surface area contributed by atoms with E-state index in [4.69, 9.17) is 0 Å². The van der Waals surface area contributed by atoms with E-state index in [1.165, 1.54) is 36.4 Å². The zero-order valence-electron chi connectivity index (χ0n) is 17.4. The van der Waals surface area contributed by atoms with Gasteiger partial charge in [0, 0.05) is 37.4 Å². The molecular weight excluding hydrogens is 409 g/mol. The first-order valence-electron chi connectivity index (χ1n) is 10.4. The van der Waals surface area contributed by atoms with Gasteiger partial charge >= 0.3 is 0 Å². The Bertz CT molecular complexity index is 1080. The molecule has 1 fully saturated rings. The lowest BCUT2D eigenvalue weighted by atomic mass is 10.0. The molecule has 7 heteroatoms. The first kappa shape index (κ1) is 21.5. The minimum atomic E-state index is -0.542. The number of amides is 2. The molecule has 0 saturated carbocycles. The van der Waals surface area contributed by atoms with E-state index in [1.54, 1.807) is 17.0 Å². The van der Waals surface area contributed by atoms with Crippen LogP contribution in [0.3, 0.4) is 0 Å². The molecule has 0 unspecified atom stereocenters. The number of benzene rings is 3. The van der Waals surface area contributed by atoms with E-state index >= 15 is 0 Å². The van der Waals surface area contributed by atoms with Crippen molar-refractivity contribution >= 4 is 17.5 Å². The molecule has 3 aromatic carbocycles.